The molecule has 0 aliphatic heterocycles. The summed E-state index contributed by atoms with van der Waals surface area (Å²) in [5.41, 5.74) is 0.0314. The number of nitriles is 1. The Morgan fingerprint density at radius 1 is 1.29 bits per heavy atom. The van der Waals surface area contributed by atoms with Crippen molar-refractivity contribution in [1.82, 2.24) is 0 Å². The molecule has 0 unspecified atom stereocenters. The van der Waals surface area contributed by atoms with Crippen LogP contribution in [-0.2, 0) is 9.53 Å². The van der Waals surface area contributed by atoms with Crippen LogP contribution in [0.4, 0.5) is 0 Å². The highest BCUT2D eigenvalue weighted by molar-refractivity contribution is 5.86. The van der Waals surface area contributed by atoms with Gasteiger partial charge in [-0.2, -0.15) is 5.26 Å². The summed E-state index contributed by atoms with van der Waals surface area (Å²) in [7, 11) is 1.32. The van der Waals surface area contributed by atoms with E-state index in [4.69, 9.17) is 4.74 Å². The molecule has 108 valence electrons. The number of carbonyl (C=O) groups is 1. The predicted molar refractivity (Wildman–Crippen MR) is 82.7 cm³/mol. The van der Waals surface area contributed by atoms with E-state index in [0.717, 1.165) is 10.9 Å². The number of esters is 1. The topological polar surface area (TPSA) is 50.1 Å². The fourth-order valence-electron chi connectivity index (χ4n) is 2.80. The number of rotatable bonds is 4. The lowest BCUT2D eigenvalue weighted by molar-refractivity contribution is -0.149. The van der Waals surface area contributed by atoms with E-state index in [2.05, 4.69) is 30.3 Å². The van der Waals surface area contributed by atoms with Crippen LogP contribution < -0.4 is 0 Å². The second kappa shape index (κ2) is 5.97. The molecule has 0 aliphatic rings. The van der Waals surface area contributed by atoms with Gasteiger partial charge in [0.25, 0.3) is 0 Å². The van der Waals surface area contributed by atoms with Crippen LogP contribution in [-0.4, -0.2) is 13.1 Å². The lowest BCUT2D eigenvalue weighted by Crippen LogP contribution is -2.29. The highest BCUT2D eigenvalue weighted by Crippen LogP contribution is 2.35. The molecule has 21 heavy (non-hydrogen) atoms. The summed E-state index contributed by atoms with van der Waals surface area (Å²) in [6.45, 7) is 3.68. The number of carbonyl (C=O) groups excluding carboxylic acids is 1. The van der Waals surface area contributed by atoms with Gasteiger partial charge in [0.15, 0.2) is 5.41 Å². The van der Waals surface area contributed by atoms with Crippen molar-refractivity contribution in [3.05, 3.63) is 48.0 Å². The number of nitrogens with zero attached hydrogens (tertiary/aromatic N) is 1. The quantitative estimate of drug-likeness (QED) is 0.795. The molecule has 2 aromatic rings. The van der Waals surface area contributed by atoms with E-state index in [9.17, 15) is 10.1 Å². The minimum Gasteiger partial charge on any atom is -0.468 e. The van der Waals surface area contributed by atoms with Crippen molar-refractivity contribution in [3.63, 3.8) is 0 Å². The molecule has 0 spiro atoms. The van der Waals surface area contributed by atoms with Gasteiger partial charge in [0, 0.05) is 0 Å². The smallest absolute Gasteiger partial charge is 0.325 e. The molecule has 0 N–H and O–H groups in total. The first-order valence-corrected chi connectivity index (χ1v) is 6.99. The molecule has 2 atom stereocenters. The molecule has 2 aromatic carbocycles. The van der Waals surface area contributed by atoms with Gasteiger partial charge in [-0.05, 0) is 35.6 Å². The Bertz CT molecular complexity index is 696. The molecule has 0 amide bonds. The maximum absolute atomic E-state index is 11.9. The van der Waals surface area contributed by atoms with Crippen molar-refractivity contribution in [3.8, 4) is 6.07 Å². The summed E-state index contributed by atoms with van der Waals surface area (Å²) >= 11 is 0. The van der Waals surface area contributed by atoms with Crippen LogP contribution in [0.25, 0.3) is 10.8 Å². The summed E-state index contributed by atoms with van der Waals surface area (Å²) < 4.78 is 4.77. The van der Waals surface area contributed by atoms with Crippen molar-refractivity contribution < 1.29 is 9.53 Å². The minimum absolute atomic E-state index is 0.0832. The van der Waals surface area contributed by atoms with E-state index in [-0.39, 0.29) is 5.92 Å². The maximum Gasteiger partial charge on any atom is 0.325 e. The van der Waals surface area contributed by atoms with Gasteiger partial charge in [-0.15, -0.1) is 0 Å². The third-order valence-electron chi connectivity index (χ3n) is 3.95. The second-order valence-corrected chi connectivity index (χ2v) is 5.61. The average molecular weight is 281 g/mol. The number of benzene rings is 2. The summed E-state index contributed by atoms with van der Waals surface area (Å²) in [4.78, 5) is 11.9. The number of ether oxygens (including phenoxy) is 1. The Kier molecular flexibility index (Phi) is 4.28. The molecule has 3 heteroatoms. The van der Waals surface area contributed by atoms with Crippen molar-refractivity contribution in [1.29, 1.82) is 5.26 Å². The van der Waals surface area contributed by atoms with E-state index in [1.807, 2.05) is 25.1 Å². The van der Waals surface area contributed by atoms with Gasteiger partial charge in [-0.1, -0.05) is 49.4 Å². The van der Waals surface area contributed by atoms with Gasteiger partial charge >= 0.3 is 5.97 Å². The molecule has 0 radical (unpaired) electrons. The van der Waals surface area contributed by atoms with E-state index < -0.39 is 11.4 Å². The van der Waals surface area contributed by atoms with Crippen LogP contribution >= 0.6 is 0 Å². The van der Waals surface area contributed by atoms with Crippen LogP contribution in [0.1, 0.15) is 31.7 Å². The Morgan fingerprint density at radius 2 is 1.95 bits per heavy atom. The van der Waals surface area contributed by atoms with E-state index in [0.29, 0.717) is 6.42 Å². The molecule has 0 aliphatic carbocycles. The zero-order valence-corrected chi connectivity index (χ0v) is 12.6. The number of fused-ring (bicyclic) bond motifs is 1. The monoisotopic (exact) mass is 281 g/mol. The predicted octanol–water partition coefficient (Wildman–Crippen LogP) is 4.04. The van der Waals surface area contributed by atoms with Crippen molar-refractivity contribution in [2.45, 2.75) is 26.2 Å². The Hall–Kier alpha value is -2.34. The number of hydrogen-bond donors (Lipinski definition) is 0. The van der Waals surface area contributed by atoms with Crippen molar-refractivity contribution in [2.75, 3.05) is 7.11 Å². The first-order chi connectivity index (χ1) is 10.0. The lowest BCUT2D eigenvalue weighted by Gasteiger charge is -2.23. The van der Waals surface area contributed by atoms with Gasteiger partial charge in [0.1, 0.15) is 0 Å². The Morgan fingerprint density at radius 3 is 2.62 bits per heavy atom. The highest BCUT2D eigenvalue weighted by Gasteiger charge is 2.36. The van der Waals surface area contributed by atoms with Gasteiger partial charge in [0.05, 0.1) is 13.2 Å². The van der Waals surface area contributed by atoms with Crippen LogP contribution in [0.5, 0.6) is 0 Å². The van der Waals surface area contributed by atoms with Gasteiger partial charge < -0.3 is 4.74 Å². The van der Waals surface area contributed by atoms with Crippen LogP contribution in [0, 0.1) is 16.7 Å². The molecule has 0 saturated heterocycles. The highest BCUT2D eigenvalue weighted by atomic mass is 16.5. The summed E-state index contributed by atoms with van der Waals surface area (Å²) in [6.07, 6.45) is 0.435. The maximum atomic E-state index is 11.9. The average Bonchev–Trinajstić information content (AvgIpc) is 2.53. The Balaban J connectivity index is 2.37. The standard InChI is InChI=1S/C18H19NO2/c1-13(11-18(2,12-19)17(20)21-3)15-10-6-8-14-7-4-5-9-16(14)15/h4-10,13H,11H2,1-3H3/t13-,18-/m1/s1. The molecule has 0 heterocycles. The molecule has 0 aromatic heterocycles. The third kappa shape index (κ3) is 2.90. The second-order valence-electron chi connectivity index (χ2n) is 5.61. The van der Waals surface area contributed by atoms with Gasteiger partial charge in [-0.3, -0.25) is 4.79 Å². The fraction of sp³-hybridized carbons (Fsp3) is 0.333. The van der Waals surface area contributed by atoms with Gasteiger partial charge in [0.2, 0.25) is 0 Å². The number of hydrogen-bond acceptors (Lipinski definition) is 3. The van der Waals surface area contributed by atoms with Crippen molar-refractivity contribution in [2.24, 2.45) is 5.41 Å². The van der Waals surface area contributed by atoms with E-state index >= 15 is 0 Å². The first kappa shape index (κ1) is 15.1. The molecule has 0 bridgehead atoms. The summed E-state index contributed by atoms with van der Waals surface area (Å²) in [5.74, 6) is -0.392. The fourth-order valence-corrected chi connectivity index (χ4v) is 2.80. The molecule has 2 rings (SSSR count). The molecule has 3 nitrogen and oxygen atoms in total. The number of methoxy groups -OCH3 is 1. The SMILES string of the molecule is COC(=O)[C@@](C)(C#N)C[C@@H](C)c1cccc2ccccc12. The van der Waals surface area contributed by atoms with Crippen LogP contribution in [0.2, 0.25) is 0 Å². The summed E-state index contributed by atoms with van der Waals surface area (Å²) in [5, 5.41) is 11.7. The molecular weight excluding hydrogens is 262 g/mol. The third-order valence-corrected chi connectivity index (χ3v) is 3.95. The summed E-state index contributed by atoms with van der Waals surface area (Å²) in [6, 6.07) is 16.4. The molecule has 0 fully saturated rings. The first-order valence-electron chi connectivity index (χ1n) is 6.99. The molecular formula is C18H19NO2. The Labute approximate surface area is 125 Å². The normalized spacial score (nSPS) is 15.0. The molecule has 0 saturated carbocycles. The largest absolute Gasteiger partial charge is 0.468 e. The van der Waals surface area contributed by atoms with Crippen molar-refractivity contribution >= 4 is 16.7 Å². The van der Waals surface area contributed by atoms with E-state index in [1.54, 1.807) is 6.92 Å². The minimum atomic E-state index is -1.12. The van der Waals surface area contributed by atoms with E-state index in [1.165, 1.54) is 12.5 Å². The lowest BCUT2D eigenvalue weighted by atomic mass is 9.79. The zero-order valence-electron chi connectivity index (χ0n) is 12.6. The zero-order chi connectivity index (χ0) is 15.5. The van der Waals surface area contributed by atoms with Crippen LogP contribution in [0.3, 0.4) is 0 Å². The van der Waals surface area contributed by atoms with Gasteiger partial charge in [-0.25, -0.2) is 0 Å². The van der Waals surface area contributed by atoms with Crippen LogP contribution in [0.15, 0.2) is 42.5 Å².